The molecule has 5 heteroatoms. The van der Waals surface area contributed by atoms with Crippen LogP contribution in [0.4, 0.5) is 0 Å². The highest BCUT2D eigenvalue weighted by Crippen LogP contribution is 2.12. The lowest BCUT2D eigenvalue weighted by Crippen LogP contribution is -2.53. The molecule has 0 aromatic heterocycles. The Labute approximate surface area is 110 Å². The average molecular weight is 260 g/mol. The first-order valence-corrected chi connectivity index (χ1v) is 6.50. The van der Waals surface area contributed by atoms with Gasteiger partial charge in [0.2, 0.25) is 0 Å². The Bertz CT molecular complexity index is 246. The topological polar surface area (TPSA) is 61.8 Å². The summed E-state index contributed by atoms with van der Waals surface area (Å²) in [6, 6.07) is 0.157. The van der Waals surface area contributed by atoms with E-state index in [2.05, 4.69) is 10.2 Å². The lowest BCUT2D eigenvalue weighted by Gasteiger charge is -2.30. The Kier molecular flexibility index (Phi) is 8.15. The summed E-state index contributed by atoms with van der Waals surface area (Å²) in [5.41, 5.74) is -0.857. The van der Waals surface area contributed by atoms with Gasteiger partial charge in [-0.25, -0.2) is 0 Å². The van der Waals surface area contributed by atoms with Crippen LogP contribution in [0.5, 0.6) is 0 Å². The van der Waals surface area contributed by atoms with Crippen molar-refractivity contribution < 1.29 is 14.6 Å². The van der Waals surface area contributed by atoms with E-state index in [1.165, 1.54) is 0 Å². The Morgan fingerprint density at radius 3 is 2.50 bits per heavy atom. The van der Waals surface area contributed by atoms with Crippen molar-refractivity contribution in [3.8, 4) is 0 Å². The third kappa shape index (κ3) is 6.93. The van der Waals surface area contributed by atoms with Gasteiger partial charge in [0.25, 0.3) is 0 Å². The van der Waals surface area contributed by atoms with Crippen LogP contribution in [-0.4, -0.2) is 61.4 Å². The van der Waals surface area contributed by atoms with Crippen molar-refractivity contribution in [1.82, 2.24) is 10.2 Å². The molecule has 0 rings (SSSR count). The first-order valence-electron chi connectivity index (χ1n) is 6.50. The highest BCUT2D eigenvalue weighted by molar-refractivity contribution is 5.78. The number of carbonyl (C=O) groups is 1. The van der Waals surface area contributed by atoms with Gasteiger partial charge in [0.05, 0.1) is 0 Å². The van der Waals surface area contributed by atoms with Crippen LogP contribution in [0, 0.1) is 0 Å². The van der Waals surface area contributed by atoms with Crippen molar-refractivity contribution in [2.45, 2.75) is 45.2 Å². The number of carboxylic acid groups (broad SMARTS) is 1. The van der Waals surface area contributed by atoms with Gasteiger partial charge in [0, 0.05) is 32.8 Å². The van der Waals surface area contributed by atoms with Gasteiger partial charge in [-0.2, -0.15) is 0 Å². The summed E-state index contributed by atoms with van der Waals surface area (Å²) >= 11 is 0. The first-order chi connectivity index (χ1) is 8.31. The SMILES string of the molecule is COCCCN(C)CCC(C)(NC(C)C)C(=O)O. The van der Waals surface area contributed by atoms with Crippen LogP contribution in [0.1, 0.15) is 33.6 Å². The van der Waals surface area contributed by atoms with E-state index in [1.54, 1.807) is 14.0 Å². The molecule has 0 aliphatic rings. The zero-order valence-electron chi connectivity index (χ0n) is 12.3. The van der Waals surface area contributed by atoms with Gasteiger partial charge in [-0.3, -0.25) is 10.1 Å². The smallest absolute Gasteiger partial charge is 0.323 e. The maximum atomic E-state index is 11.3. The third-order valence-corrected chi connectivity index (χ3v) is 2.96. The number of ether oxygens (including phenoxy) is 1. The van der Waals surface area contributed by atoms with Crippen molar-refractivity contribution in [3.63, 3.8) is 0 Å². The summed E-state index contributed by atoms with van der Waals surface area (Å²) in [5.74, 6) is -0.790. The second-order valence-electron chi connectivity index (χ2n) is 5.34. The third-order valence-electron chi connectivity index (χ3n) is 2.96. The van der Waals surface area contributed by atoms with Crippen LogP contribution in [-0.2, 0) is 9.53 Å². The molecule has 18 heavy (non-hydrogen) atoms. The molecule has 2 N–H and O–H groups in total. The molecule has 0 amide bonds. The molecule has 0 saturated heterocycles. The first kappa shape index (κ1) is 17.4. The number of hydrogen-bond donors (Lipinski definition) is 2. The Hall–Kier alpha value is -0.650. The van der Waals surface area contributed by atoms with Crippen LogP contribution in [0.15, 0.2) is 0 Å². The molecule has 0 bridgehead atoms. The molecule has 1 unspecified atom stereocenters. The number of carboxylic acids is 1. The Balaban J connectivity index is 4.14. The molecule has 0 aliphatic carbocycles. The van der Waals surface area contributed by atoms with E-state index in [4.69, 9.17) is 4.74 Å². The standard InChI is InChI=1S/C13H28N2O3/c1-11(2)14-13(3,12(16)17)7-9-15(4)8-6-10-18-5/h11,14H,6-10H2,1-5H3,(H,16,17). The highest BCUT2D eigenvalue weighted by atomic mass is 16.5. The largest absolute Gasteiger partial charge is 0.480 e. The van der Waals surface area contributed by atoms with E-state index < -0.39 is 11.5 Å². The maximum absolute atomic E-state index is 11.3. The number of hydrogen-bond acceptors (Lipinski definition) is 4. The summed E-state index contributed by atoms with van der Waals surface area (Å²) < 4.78 is 5.00. The molecule has 0 aliphatic heterocycles. The zero-order valence-corrected chi connectivity index (χ0v) is 12.3. The average Bonchev–Trinajstić information content (AvgIpc) is 2.25. The number of methoxy groups -OCH3 is 1. The highest BCUT2D eigenvalue weighted by Gasteiger charge is 2.33. The van der Waals surface area contributed by atoms with Crippen LogP contribution in [0.3, 0.4) is 0 Å². The minimum absolute atomic E-state index is 0.157. The molecule has 0 saturated carbocycles. The number of nitrogens with zero attached hydrogens (tertiary/aromatic N) is 1. The molecular formula is C13H28N2O3. The van der Waals surface area contributed by atoms with Crippen molar-refractivity contribution in [3.05, 3.63) is 0 Å². The van der Waals surface area contributed by atoms with Gasteiger partial charge in [-0.1, -0.05) is 0 Å². The second kappa shape index (κ2) is 8.45. The summed E-state index contributed by atoms with van der Waals surface area (Å²) in [7, 11) is 3.70. The number of nitrogens with one attached hydrogen (secondary N) is 1. The molecule has 0 fully saturated rings. The number of rotatable bonds is 10. The van der Waals surface area contributed by atoms with Crippen molar-refractivity contribution >= 4 is 5.97 Å². The Morgan fingerprint density at radius 2 is 2.06 bits per heavy atom. The van der Waals surface area contributed by atoms with Crippen LogP contribution >= 0.6 is 0 Å². The molecule has 5 nitrogen and oxygen atoms in total. The van der Waals surface area contributed by atoms with E-state index >= 15 is 0 Å². The van der Waals surface area contributed by atoms with Gasteiger partial charge >= 0.3 is 5.97 Å². The van der Waals surface area contributed by atoms with Crippen molar-refractivity contribution in [2.75, 3.05) is 33.9 Å². The van der Waals surface area contributed by atoms with Crippen molar-refractivity contribution in [1.29, 1.82) is 0 Å². The number of aliphatic carboxylic acids is 1. The van der Waals surface area contributed by atoms with E-state index in [9.17, 15) is 9.90 Å². The van der Waals surface area contributed by atoms with E-state index in [0.29, 0.717) is 6.42 Å². The van der Waals surface area contributed by atoms with Gasteiger partial charge in [0.15, 0.2) is 0 Å². The van der Waals surface area contributed by atoms with E-state index in [1.807, 2.05) is 20.9 Å². The fourth-order valence-corrected chi connectivity index (χ4v) is 1.88. The monoisotopic (exact) mass is 260 g/mol. The fourth-order valence-electron chi connectivity index (χ4n) is 1.88. The van der Waals surface area contributed by atoms with Crippen molar-refractivity contribution in [2.24, 2.45) is 0 Å². The summed E-state index contributed by atoms with van der Waals surface area (Å²) in [4.78, 5) is 13.5. The van der Waals surface area contributed by atoms with E-state index in [-0.39, 0.29) is 6.04 Å². The predicted octanol–water partition coefficient (Wildman–Crippen LogP) is 1.19. The van der Waals surface area contributed by atoms with Crippen LogP contribution in [0.25, 0.3) is 0 Å². The zero-order chi connectivity index (χ0) is 14.2. The lowest BCUT2D eigenvalue weighted by molar-refractivity contribution is -0.144. The molecule has 108 valence electrons. The van der Waals surface area contributed by atoms with Gasteiger partial charge < -0.3 is 14.7 Å². The molecular weight excluding hydrogens is 232 g/mol. The van der Waals surface area contributed by atoms with Crippen LogP contribution < -0.4 is 5.32 Å². The normalized spacial score (nSPS) is 15.1. The molecule has 0 radical (unpaired) electrons. The van der Waals surface area contributed by atoms with Gasteiger partial charge in [-0.15, -0.1) is 0 Å². The quantitative estimate of drug-likeness (QED) is 0.578. The maximum Gasteiger partial charge on any atom is 0.323 e. The molecule has 0 spiro atoms. The predicted molar refractivity (Wildman–Crippen MR) is 72.9 cm³/mol. The minimum atomic E-state index is -0.857. The van der Waals surface area contributed by atoms with Gasteiger partial charge in [0.1, 0.15) is 5.54 Å². The Morgan fingerprint density at radius 1 is 1.44 bits per heavy atom. The van der Waals surface area contributed by atoms with Crippen LogP contribution in [0.2, 0.25) is 0 Å². The second-order valence-corrected chi connectivity index (χ2v) is 5.34. The summed E-state index contributed by atoms with van der Waals surface area (Å²) in [5, 5.41) is 12.4. The van der Waals surface area contributed by atoms with E-state index in [0.717, 1.165) is 26.1 Å². The lowest BCUT2D eigenvalue weighted by atomic mass is 9.96. The molecule has 0 aromatic rings. The van der Waals surface area contributed by atoms with Gasteiger partial charge in [-0.05, 0) is 40.7 Å². The summed E-state index contributed by atoms with van der Waals surface area (Å²) in [6.45, 7) is 8.09. The molecule has 1 atom stereocenters. The summed E-state index contributed by atoms with van der Waals surface area (Å²) in [6.07, 6.45) is 1.55. The minimum Gasteiger partial charge on any atom is -0.480 e. The fraction of sp³-hybridized carbons (Fsp3) is 0.923. The molecule has 0 aromatic carbocycles. The molecule has 0 heterocycles.